The minimum atomic E-state index is -1.54. The number of carboxylic acid groups (broad SMARTS) is 1. The number of esters is 1. The Bertz CT molecular complexity index is 686. The Balaban J connectivity index is 1.57. The molecule has 0 bridgehead atoms. The van der Waals surface area contributed by atoms with E-state index in [1.807, 2.05) is 30.3 Å². The lowest BCUT2D eigenvalue weighted by atomic mass is 9.79. The molecule has 29 heavy (non-hydrogen) atoms. The standard InChI is InChI=1S/C21H29FN2O5/c22-21(15-23-19(26)27)6-10-24(11-7-21)16-20(8-12-28-13-9-20)18(25)29-14-17-4-2-1-3-5-17/h1-5,23H,6-16H2,(H,26,27). The first-order valence-electron chi connectivity index (χ1n) is 10.1. The van der Waals surface area contributed by atoms with Gasteiger partial charge in [-0.15, -0.1) is 0 Å². The summed E-state index contributed by atoms with van der Waals surface area (Å²) in [6.07, 6.45) is 0.418. The van der Waals surface area contributed by atoms with Gasteiger partial charge in [-0.2, -0.15) is 0 Å². The highest BCUT2D eigenvalue weighted by atomic mass is 19.1. The van der Waals surface area contributed by atoms with E-state index in [0.29, 0.717) is 45.7 Å². The molecule has 2 saturated heterocycles. The summed E-state index contributed by atoms with van der Waals surface area (Å²) < 4.78 is 25.9. The predicted molar refractivity (Wildman–Crippen MR) is 104 cm³/mol. The van der Waals surface area contributed by atoms with Gasteiger partial charge in [-0.25, -0.2) is 9.18 Å². The van der Waals surface area contributed by atoms with E-state index in [9.17, 15) is 14.0 Å². The second kappa shape index (κ2) is 9.54. The van der Waals surface area contributed by atoms with Crippen LogP contribution in [-0.2, 0) is 20.9 Å². The van der Waals surface area contributed by atoms with Gasteiger partial charge in [0.05, 0.1) is 12.0 Å². The monoisotopic (exact) mass is 408 g/mol. The normalized spacial score (nSPS) is 21.3. The zero-order valence-electron chi connectivity index (χ0n) is 16.6. The van der Waals surface area contributed by atoms with E-state index in [0.717, 1.165) is 5.56 Å². The highest BCUT2D eigenvalue weighted by molar-refractivity contribution is 5.77. The SMILES string of the molecule is O=C(O)NCC1(F)CCN(CC2(C(=O)OCc3ccccc3)CCOCC2)CC1. The molecular weight excluding hydrogens is 379 g/mol. The number of benzene rings is 1. The van der Waals surface area contributed by atoms with Crippen LogP contribution in [-0.4, -0.2) is 67.1 Å². The van der Waals surface area contributed by atoms with Crippen LogP contribution < -0.4 is 5.32 Å². The van der Waals surface area contributed by atoms with E-state index in [1.54, 1.807) is 0 Å². The van der Waals surface area contributed by atoms with E-state index >= 15 is 0 Å². The van der Waals surface area contributed by atoms with Gasteiger partial charge in [-0.3, -0.25) is 4.79 Å². The molecule has 8 heteroatoms. The van der Waals surface area contributed by atoms with E-state index < -0.39 is 17.2 Å². The van der Waals surface area contributed by atoms with Crippen molar-refractivity contribution in [3.63, 3.8) is 0 Å². The van der Waals surface area contributed by atoms with Crippen LogP contribution in [0, 0.1) is 5.41 Å². The van der Waals surface area contributed by atoms with Crippen LogP contribution in [0.1, 0.15) is 31.2 Å². The van der Waals surface area contributed by atoms with Crippen molar-refractivity contribution in [3.8, 4) is 0 Å². The summed E-state index contributed by atoms with van der Waals surface area (Å²) >= 11 is 0. The van der Waals surface area contributed by atoms with Crippen molar-refractivity contribution in [2.75, 3.05) is 39.4 Å². The fourth-order valence-corrected chi connectivity index (χ4v) is 4.02. The average molecular weight is 408 g/mol. The Morgan fingerprint density at radius 3 is 2.41 bits per heavy atom. The molecule has 2 aliphatic heterocycles. The lowest BCUT2D eigenvalue weighted by Gasteiger charge is -2.42. The number of rotatable bonds is 7. The number of carbonyl (C=O) groups is 2. The number of nitrogens with one attached hydrogen (secondary N) is 1. The molecule has 0 aliphatic carbocycles. The molecule has 0 radical (unpaired) electrons. The summed E-state index contributed by atoms with van der Waals surface area (Å²) in [5.41, 5.74) is -1.25. The maximum absolute atomic E-state index is 14.8. The minimum absolute atomic E-state index is 0.200. The van der Waals surface area contributed by atoms with Gasteiger partial charge in [0, 0.05) is 32.8 Å². The summed E-state index contributed by atoms with van der Waals surface area (Å²) in [6.45, 7) is 2.50. The quantitative estimate of drug-likeness (QED) is 0.675. The van der Waals surface area contributed by atoms with Gasteiger partial charge in [0.25, 0.3) is 0 Å². The molecule has 2 fully saturated rings. The molecule has 0 spiro atoms. The third kappa shape index (κ3) is 5.90. The summed E-state index contributed by atoms with van der Waals surface area (Å²) in [7, 11) is 0. The van der Waals surface area contributed by atoms with Crippen LogP contribution >= 0.6 is 0 Å². The third-order valence-corrected chi connectivity index (χ3v) is 5.93. The molecule has 2 aliphatic rings. The fraction of sp³-hybridized carbons (Fsp3) is 0.619. The van der Waals surface area contributed by atoms with Crippen LogP contribution in [0.25, 0.3) is 0 Å². The molecule has 0 atom stereocenters. The van der Waals surface area contributed by atoms with Gasteiger partial charge in [0.15, 0.2) is 0 Å². The summed E-state index contributed by atoms with van der Waals surface area (Å²) in [5.74, 6) is -0.228. The summed E-state index contributed by atoms with van der Waals surface area (Å²) in [6, 6.07) is 9.56. The smallest absolute Gasteiger partial charge is 0.404 e. The van der Waals surface area contributed by atoms with Gasteiger partial charge >= 0.3 is 12.1 Å². The maximum atomic E-state index is 14.8. The molecule has 0 aromatic heterocycles. The second-order valence-corrected chi connectivity index (χ2v) is 8.04. The van der Waals surface area contributed by atoms with Gasteiger partial charge in [0.1, 0.15) is 12.3 Å². The van der Waals surface area contributed by atoms with Crippen LogP contribution in [0.5, 0.6) is 0 Å². The zero-order chi connectivity index (χ0) is 20.7. The van der Waals surface area contributed by atoms with Crippen molar-refractivity contribution < 1.29 is 28.6 Å². The Morgan fingerprint density at radius 1 is 1.14 bits per heavy atom. The Kier molecular flexibility index (Phi) is 7.08. The number of nitrogens with zero attached hydrogens (tertiary/aromatic N) is 1. The van der Waals surface area contributed by atoms with E-state index in [4.69, 9.17) is 14.6 Å². The highest BCUT2D eigenvalue weighted by Gasteiger charge is 2.45. The van der Waals surface area contributed by atoms with E-state index in [-0.39, 0.29) is 32.0 Å². The Labute approximate surface area is 170 Å². The van der Waals surface area contributed by atoms with Gasteiger partial charge in [-0.05, 0) is 31.2 Å². The van der Waals surface area contributed by atoms with Crippen LogP contribution in [0.15, 0.2) is 30.3 Å². The molecule has 0 saturated carbocycles. The van der Waals surface area contributed by atoms with Crippen molar-refractivity contribution in [2.24, 2.45) is 5.41 Å². The topological polar surface area (TPSA) is 88.1 Å². The molecule has 0 unspecified atom stereocenters. The molecular formula is C21H29FN2O5. The second-order valence-electron chi connectivity index (χ2n) is 8.04. The summed E-state index contributed by atoms with van der Waals surface area (Å²) in [5, 5.41) is 10.8. The highest BCUT2D eigenvalue weighted by Crippen LogP contribution is 2.35. The van der Waals surface area contributed by atoms with Crippen molar-refractivity contribution in [3.05, 3.63) is 35.9 Å². The number of halogens is 1. The third-order valence-electron chi connectivity index (χ3n) is 5.93. The molecule has 1 amide bonds. The summed E-state index contributed by atoms with van der Waals surface area (Å²) in [4.78, 5) is 25.8. The van der Waals surface area contributed by atoms with Crippen molar-refractivity contribution in [2.45, 2.75) is 38.0 Å². The molecule has 1 aromatic rings. The largest absolute Gasteiger partial charge is 0.465 e. The number of carbonyl (C=O) groups excluding carboxylic acids is 1. The molecule has 7 nitrogen and oxygen atoms in total. The molecule has 2 N–H and O–H groups in total. The Hall–Kier alpha value is -2.19. The predicted octanol–water partition coefficient (Wildman–Crippen LogP) is 2.60. The lowest BCUT2D eigenvalue weighted by Crippen LogP contribution is -2.53. The number of hydrogen-bond donors (Lipinski definition) is 2. The van der Waals surface area contributed by atoms with Crippen LogP contribution in [0.4, 0.5) is 9.18 Å². The first-order valence-corrected chi connectivity index (χ1v) is 10.1. The van der Waals surface area contributed by atoms with Crippen LogP contribution in [0.3, 0.4) is 0 Å². The fourth-order valence-electron chi connectivity index (χ4n) is 4.02. The van der Waals surface area contributed by atoms with Crippen molar-refractivity contribution in [1.29, 1.82) is 0 Å². The van der Waals surface area contributed by atoms with Crippen molar-refractivity contribution in [1.82, 2.24) is 10.2 Å². The Morgan fingerprint density at radius 2 is 1.79 bits per heavy atom. The lowest BCUT2D eigenvalue weighted by molar-refractivity contribution is -0.165. The first-order chi connectivity index (χ1) is 13.9. The van der Waals surface area contributed by atoms with E-state index in [1.165, 1.54) is 0 Å². The molecule has 1 aromatic carbocycles. The number of ether oxygens (including phenoxy) is 2. The number of amides is 1. The van der Waals surface area contributed by atoms with Gasteiger partial charge in [-0.1, -0.05) is 30.3 Å². The number of piperidine rings is 1. The molecule has 3 rings (SSSR count). The number of hydrogen-bond acceptors (Lipinski definition) is 5. The van der Waals surface area contributed by atoms with Crippen LogP contribution in [0.2, 0.25) is 0 Å². The van der Waals surface area contributed by atoms with Crippen molar-refractivity contribution >= 4 is 12.1 Å². The maximum Gasteiger partial charge on any atom is 0.404 e. The molecule has 2 heterocycles. The number of alkyl halides is 1. The number of likely N-dealkylation sites (tertiary alicyclic amines) is 1. The first kappa shape index (κ1) is 21.5. The average Bonchev–Trinajstić information content (AvgIpc) is 2.74. The van der Waals surface area contributed by atoms with Gasteiger partial charge < -0.3 is 24.8 Å². The van der Waals surface area contributed by atoms with E-state index in [2.05, 4.69) is 10.2 Å². The minimum Gasteiger partial charge on any atom is -0.465 e. The van der Waals surface area contributed by atoms with Gasteiger partial charge in [0.2, 0.25) is 0 Å². The zero-order valence-corrected chi connectivity index (χ0v) is 16.6. The molecule has 160 valence electrons.